The standard InChI is InChI=1S/C60H62O10S/c61-53-56(65-39-47-28-14-4-15-29-47)55(52(43-63-37-45-24-10-2-11-25-45)69-60(53)71-50-34-20-7-21-35-50)70-59-58(67-41-49-32-18-6-19-33-49)57(66-40-48-30-16-5-17-31-48)54(64-38-46-26-12-3-13-27-46)51(68-59)42-62-36-44-22-8-1-9-23-44/h1-35,51-61H,36-43H2/t51-,52-,53-,54+,55-,56-,57+,58-,59+,60+/m1/s1. The first-order valence-electron chi connectivity index (χ1n) is 24.3. The Morgan fingerprint density at radius 1 is 0.352 bits per heavy atom. The van der Waals surface area contributed by atoms with Crippen molar-refractivity contribution >= 4 is 11.8 Å². The molecule has 368 valence electrons. The molecule has 7 aromatic rings. The van der Waals surface area contributed by atoms with Crippen LogP contribution in [0.25, 0.3) is 0 Å². The van der Waals surface area contributed by atoms with Gasteiger partial charge in [-0.05, 0) is 45.5 Å². The van der Waals surface area contributed by atoms with Gasteiger partial charge in [0.05, 0.1) is 52.9 Å². The number of aliphatic hydroxyl groups is 1. The average molecular weight is 975 g/mol. The Balaban J connectivity index is 1.09. The van der Waals surface area contributed by atoms with Crippen LogP contribution in [0.1, 0.15) is 33.4 Å². The maximum absolute atomic E-state index is 12.5. The van der Waals surface area contributed by atoms with Crippen LogP contribution in [0.15, 0.2) is 217 Å². The Labute approximate surface area is 421 Å². The van der Waals surface area contributed by atoms with Crippen LogP contribution in [0.4, 0.5) is 0 Å². The Morgan fingerprint density at radius 2 is 0.690 bits per heavy atom. The largest absolute Gasteiger partial charge is 0.387 e. The van der Waals surface area contributed by atoms with Gasteiger partial charge in [0.2, 0.25) is 0 Å². The molecule has 11 heteroatoms. The molecule has 1 N–H and O–H groups in total. The third-order valence-electron chi connectivity index (χ3n) is 12.4. The smallest absolute Gasteiger partial charge is 0.187 e. The van der Waals surface area contributed by atoms with E-state index >= 15 is 0 Å². The van der Waals surface area contributed by atoms with E-state index in [1.165, 1.54) is 11.8 Å². The number of thioether (sulfide) groups is 1. The van der Waals surface area contributed by atoms with E-state index < -0.39 is 60.6 Å². The quantitative estimate of drug-likeness (QED) is 0.0626. The van der Waals surface area contributed by atoms with Gasteiger partial charge < -0.3 is 47.7 Å². The summed E-state index contributed by atoms with van der Waals surface area (Å²) in [5.74, 6) is 0. The van der Waals surface area contributed by atoms with Gasteiger partial charge in [0.25, 0.3) is 0 Å². The Bertz CT molecular complexity index is 2530. The molecule has 2 saturated heterocycles. The van der Waals surface area contributed by atoms with Crippen molar-refractivity contribution in [3.63, 3.8) is 0 Å². The molecule has 7 aromatic carbocycles. The first kappa shape index (κ1) is 50.4. The van der Waals surface area contributed by atoms with Crippen molar-refractivity contribution in [3.05, 3.63) is 246 Å². The highest BCUT2D eigenvalue weighted by Crippen LogP contribution is 2.39. The molecule has 0 aliphatic carbocycles. The van der Waals surface area contributed by atoms with Crippen LogP contribution in [-0.4, -0.2) is 78.9 Å². The SMILES string of the molecule is O[C@@H]1[C@@H](OCc2ccccc2)[C@H](O[C@@H]2O[C@H](COCc3ccccc3)[C@H](OCc3ccccc3)[C@H](OCc3ccccc3)[C@H]2OCc2ccccc2)[C@@H](COCc2ccccc2)O[C@H]1Sc1ccccc1. The van der Waals surface area contributed by atoms with Gasteiger partial charge in [0.15, 0.2) is 6.29 Å². The zero-order valence-corrected chi connectivity index (χ0v) is 40.5. The molecule has 0 saturated carbocycles. The van der Waals surface area contributed by atoms with Crippen LogP contribution in [0.2, 0.25) is 0 Å². The van der Waals surface area contributed by atoms with E-state index in [9.17, 15) is 5.11 Å². The van der Waals surface area contributed by atoms with Crippen molar-refractivity contribution < 1.29 is 47.7 Å². The second kappa shape index (κ2) is 26.8. The summed E-state index contributed by atoms with van der Waals surface area (Å²) in [4.78, 5) is 0.935. The molecule has 10 nitrogen and oxygen atoms in total. The molecule has 2 aliphatic heterocycles. The third-order valence-corrected chi connectivity index (χ3v) is 13.6. The fraction of sp³-hybridized carbons (Fsp3) is 0.300. The van der Waals surface area contributed by atoms with Crippen molar-refractivity contribution in [1.82, 2.24) is 0 Å². The number of ether oxygens (including phenoxy) is 9. The summed E-state index contributed by atoms with van der Waals surface area (Å²) < 4.78 is 62.3. The van der Waals surface area contributed by atoms with Crippen LogP contribution in [0.3, 0.4) is 0 Å². The van der Waals surface area contributed by atoms with Crippen LogP contribution in [0, 0.1) is 0 Å². The molecule has 0 spiro atoms. The molecule has 2 fully saturated rings. The Kier molecular flexibility index (Phi) is 19.0. The molecule has 0 bridgehead atoms. The Morgan fingerprint density at radius 3 is 1.11 bits per heavy atom. The molecule has 10 atom stereocenters. The minimum Gasteiger partial charge on any atom is -0.387 e. The predicted octanol–water partition coefficient (Wildman–Crippen LogP) is 10.7. The lowest BCUT2D eigenvalue weighted by atomic mass is 9.96. The normalized spacial score (nSPS) is 24.4. The molecule has 2 heterocycles. The summed E-state index contributed by atoms with van der Waals surface area (Å²) >= 11 is 1.43. The summed E-state index contributed by atoms with van der Waals surface area (Å²) in [6, 6.07) is 69.9. The van der Waals surface area contributed by atoms with Crippen LogP contribution in [-0.2, 0) is 82.3 Å². The first-order chi connectivity index (χ1) is 35.1. The molecule has 0 unspecified atom stereocenters. The summed E-state index contributed by atoms with van der Waals surface area (Å²) in [6.45, 7) is 1.91. The van der Waals surface area contributed by atoms with E-state index in [1.54, 1.807) is 0 Å². The van der Waals surface area contributed by atoms with Crippen LogP contribution < -0.4 is 0 Å². The van der Waals surface area contributed by atoms with Gasteiger partial charge in [-0.15, -0.1) is 0 Å². The van der Waals surface area contributed by atoms with E-state index in [0.717, 1.165) is 38.3 Å². The fourth-order valence-electron chi connectivity index (χ4n) is 8.76. The van der Waals surface area contributed by atoms with E-state index in [0.29, 0.717) is 13.2 Å². The van der Waals surface area contributed by atoms with Gasteiger partial charge in [0.1, 0.15) is 54.3 Å². The maximum atomic E-state index is 12.5. The third kappa shape index (κ3) is 14.8. The van der Waals surface area contributed by atoms with Crippen molar-refractivity contribution in [2.45, 2.75) is 105 Å². The minimum absolute atomic E-state index is 0.117. The number of benzene rings is 7. The summed E-state index contributed by atoms with van der Waals surface area (Å²) in [5, 5.41) is 12.5. The zero-order valence-electron chi connectivity index (χ0n) is 39.7. The minimum atomic E-state index is -1.15. The average Bonchev–Trinajstić information content (AvgIpc) is 3.42. The first-order valence-corrected chi connectivity index (χ1v) is 25.2. The number of aliphatic hydroxyl groups excluding tert-OH is 1. The lowest BCUT2D eigenvalue weighted by Gasteiger charge is -2.49. The topological polar surface area (TPSA) is 103 Å². The van der Waals surface area contributed by atoms with Crippen molar-refractivity contribution in [2.24, 2.45) is 0 Å². The van der Waals surface area contributed by atoms with Crippen molar-refractivity contribution in [1.29, 1.82) is 0 Å². The van der Waals surface area contributed by atoms with Crippen LogP contribution >= 0.6 is 11.8 Å². The van der Waals surface area contributed by atoms with Gasteiger partial charge in [-0.2, -0.15) is 0 Å². The molecular weight excluding hydrogens is 913 g/mol. The van der Waals surface area contributed by atoms with Gasteiger partial charge in [0, 0.05) is 4.90 Å². The molecule has 71 heavy (non-hydrogen) atoms. The van der Waals surface area contributed by atoms with Crippen molar-refractivity contribution in [3.8, 4) is 0 Å². The lowest BCUT2D eigenvalue weighted by Crippen LogP contribution is -2.65. The zero-order chi connectivity index (χ0) is 48.3. The van der Waals surface area contributed by atoms with E-state index in [2.05, 4.69) is 0 Å². The molecule has 0 radical (unpaired) electrons. The molecule has 2 aliphatic rings. The lowest BCUT2D eigenvalue weighted by molar-refractivity contribution is -0.358. The number of hydrogen-bond donors (Lipinski definition) is 1. The van der Waals surface area contributed by atoms with Gasteiger partial charge >= 0.3 is 0 Å². The second-order valence-corrected chi connectivity index (χ2v) is 18.8. The van der Waals surface area contributed by atoms with E-state index in [-0.39, 0.29) is 39.6 Å². The monoisotopic (exact) mass is 974 g/mol. The highest BCUT2D eigenvalue weighted by Gasteiger charge is 2.54. The molecular formula is C60H62O10S. The van der Waals surface area contributed by atoms with Gasteiger partial charge in [-0.25, -0.2) is 0 Å². The predicted molar refractivity (Wildman–Crippen MR) is 273 cm³/mol. The fourth-order valence-corrected chi connectivity index (χ4v) is 9.83. The van der Waals surface area contributed by atoms with Crippen LogP contribution in [0.5, 0.6) is 0 Å². The highest BCUT2D eigenvalue weighted by atomic mass is 32.2. The molecule has 0 amide bonds. The maximum Gasteiger partial charge on any atom is 0.187 e. The van der Waals surface area contributed by atoms with E-state index in [1.807, 2.05) is 212 Å². The second-order valence-electron chi connectivity index (χ2n) is 17.7. The number of rotatable bonds is 24. The van der Waals surface area contributed by atoms with Gasteiger partial charge in [-0.1, -0.05) is 212 Å². The summed E-state index contributed by atoms with van der Waals surface area (Å²) in [7, 11) is 0. The molecule has 9 rings (SSSR count). The molecule has 0 aromatic heterocycles. The van der Waals surface area contributed by atoms with Gasteiger partial charge in [-0.3, -0.25) is 0 Å². The van der Waals surface area contributed by atoms with E-state index in [4.69, 9.17) is 42.6 Å². The highest BCUT2D eigenvalue weighted by molar-refractivity contribution is 7.99. The van der Waals surface area contributed by atoms with Crippen molar-refractivity contribution in [2.75, 3.05) is 13.2 Å². The Hall–Kier alpha value is -5.51. The number of hydrogen-bond acceptors (Lipinski definition) is 11. The summed E-state index contributed by atoms with van der Waals surface area (Å²) in [6.07, 6.45) is -7.89. The summed E-state index contributed by atoms with van der Waals surface area (Å²) in [5.41, 5.74) is 5.16.